The van der Waals surface area contributed by atoms with E-state index in [1.54, 1.807) is 6.07 Å². The summed E-state index contributed by atoms with van der Waals surface area (Å²) in [6.07, 6.45) is 0. The molecule has 0 atom stereocenters. The predicted molar refractivity (Wildman–Crippen MR) is 89.0 cm³/mol. The highest BCUT2D eigenvalue weighted by Gasteiger charge is 2.13. The summed E-state index contributed by atoms with van der Waals surface area (Å²) < 4.78 is 15.0. The van der Waals surface area contributed by atoms with Crippen molar-refractivity contribution in [3.05, 3.63) is 58.8 Å². The van der Waals surface area contributed by atoms with E-state index in [0.717, 1.165) is 28.0 Å². The zero-order valence-corrected chi connectivity index (χ0v) is 13.1. The second-order valence-electron chi connectivity index (χ2n) is 4.70. The maximum atomic E-state index is 14.2. The molecule has 3 aromatic rings. The van der Waals surface area contributed by atoms with Crippen molar-refractivity contribution in [1.29, 1.82) is 0 Å². The largest absolute Gasteiger partial charge is 0.385 e. The van der Waals surface area contributed by atoms with Gasteiger partial charge in [0.1, 0.15) is 5.82 Å². The van der Waals surface area contributed by atoms with Crippen LogP contribution in [0, 0.1) is 5.82 Å². The Kier molecular flexibility index (Phi) is 3.88. The van der Waals surface area contributed by atoms with Crippen LogP contribution in [0.5, 0.6) is 0 Å². The Labute approximate surface area is 131 Å². The van der Waals surface area contributed by atoms with Gasteiger partial charge in [-0.1, -0.05) is 30.3 Å². The lowest BCUT2D eigenvalue weighted by atomic mass is 10.1. The van der Waals surface area contributed by atoms with Crippen LogP contribution in [0.4, 0.5) is 10.1 Å². The monoisotopic (exact) mass is 344 g/mol. The van der Waals surface area contributed by atoms with E-state index in [9.17, 15) is 4.39 Å². The molecular formula is C17H14BrFN2. The molecular weight excluding hydrogens is 331 g/mol. The third-order valence-electron chi connectivity index (χ3n) is 3.30. The first-order valence-corrected chi connectivity index (χ1v) is 7.58. The van der Waals surface area contributed by atoms with Crippen molar-refractivity contribution in [1.82, 2.24) is 4.98 Å². The molecule has 1 N–H and O–H groups in total. The number of hydrogen-bond acceptors (Lipinski definition) is 2. The summed E-state index contributed by atoms with van der Waals surface area (Å²) >= 11 is 3.47. The molecule has 0 amide bonds. The van der Waals surface area contributed by atoms with Crippen LogP contribution in [0.2, 0.25) is 0 Å². The molecule has 106 valence electrons. The van der Waals surface area contributed by atoms with Gasteiger partial charge in [-0.15, -0.1) is 0 Å². The highest BCUT2D eigenvalue weighted by molar-refractivity contribution is 9.10. The topological polar surface area (TPSA) is 24.9 Å². The van der Waals surface area contributed by atoms with Crippen molar-refractivity contribution >= 4 is 32.5 Å². The molecule has 0 fully saturated rings. The van der Waals surface area contributed by atoms with E-state index in [2.05, 4.69) is 26.2 Å². The van der Waals surface area contributed by atoms with Crippen molar-refractivity contribution in [2.75, 3.05) is 11.9 Å². The van der Waals surface area contributed by atoms with E-state index >= 15 is 0 Å². The second-order valence-corrected chi connectivity index (χ2v) is 5.56. The molecule has 0 aliphatic rings. The Hall–Kier alpha value is -1.94. The third kappa shape index (κ3) is 2.63. The molecule has 0 radical (unpaired) electrons. The number of fused-ring (bicyclic) bond motifs is 1. The van der Waals surface area contributed by atoms with Crippen LogP contribution in [0.25, 0.3) is 22.2 Å². The summed E-state index contributed by atoms with van der Waals surface area (Å²) in [5.74, 6) is -0.267. The zero-order valence-electron chi connectivity index (χ0n) is 11.5. The molecule has 21 heavy (non-hydrogen) atoms. The molecule has 0 aliphatic carbocycles. The van der Waals surface area contributed by atoms with Gasteiger partial charge in [0.2, 0.25) is 0 Å². The van der Waals surface area contributed by atoms with Gasteiger partial charge in [0.05, 0.1) is 16.6 Å². The van der Waals surface area contributed by atoms with Crippen LogP contribution < -0.4 is 5.32 Å². The lowest BCUT2D eigenvalue weighted by molar-refractivity contribution is 0.639. The summed E-state index contributed by atoms with van der Waals surface area (Å²) in [6, 6.07) is 14.9. The molecule has 0 saturated heterocycles. The number of nitrogens with zero attached hydrogens (tertiary/aromatic N) is 1. The Morgan fingerprint density at radius 3 is 2.62 bits per heavy atom. The van der Waals surface area contributed by atoms with E-state index in [1.807, 2.05) is 43.3 Å². The Morgan fingerprint density at radius 1 is 1.14 bits per heavy atom. The number of anilines is 1. The van der Waals surface area contributed by atoms with Crippen molar-refractivity contribution in [3.63, 3.8) is 0 Å². The number of hydrogen-bond donors (Lipinski definition) is 1. The molecule has 1 heterocycles. The summed E-state index contributed by atoms with van der Waals surface area (Å²) in [5, 5.41) is 3.75. The van der Waals surface area contributed by atoms with Gasteiger partial charge in [0.15, 0.2) is 0 Å². The molecule has 1 aromatic heterocycles. The number of aromatic nitrogens is 1. The van der Waals surface area contributed by atoms with Gasteiger partial charge in [0, 0.05) is 22.3 Å². The van der Waals surface area contributed by atoms with Crippen LogP contribution in [-0.2, 0) is 0 Å². The van der Waals surface area contributed by atoms with Crippen LogP contribution >= 0.6 is 15.9 Å². The Balaban J connectivity index is 2.32. The van der Waals surface area contributed by atoms with Gasteiger partial charge in [-0.3, -0.25) is 0 Å². The SMILES string of the molecule is CCNc1cc(-c2ccccc2)nc2c(Br)ccc(F)c12. The maximum Gasteiger partial charge on any atom is 0.134 e. The van der Waals surface area contributed by atoms with Crippen LogP contribution in [-0.4, -0.2) is 11.5 Å². The Morgan fingerprint density at radius 2 is 1.90 bits per heavy atom. The molecule has 0 unspecified atom stereocenters. The van der Waals surface area contributed by atoms with Crippen molar-refractivity contribution in [2.24, 2.45) is 0 Å². The standard InChI is InChI=1S/C17H14BrFN2/c1-2-20-15-10-14(11-6-4-3-5-7-11)21-17-12(18)8-9-13(19)16(15)17/h3-10H,2H2,1H3,(H,20,21). The first-order valence-electron chi connectivity index (χ1n) is 6.78. The average molecular weight is 345 g/mol. The lowest BCUT2D eigenvalue weighted by Gasteiger charge is -2.12. The van der Waals surface area contributed by atoms with Gasteiger partial charge >= 0.3 is 0 Å². The minimum Gasteiger partial charge on any atom is -0.385 e. The fourth-order valence-electron chi connectivity index (χ4n) is 2.35. The second kappa shape index (κ2) is 5.82. The molecule has 2 aromatic carbocycles. The molecule has 0 bridgehead atoms. The smallest absolute Gasteiger partial charge is 0.134 e. The number of rotatable bonds is 3. The van der Waals surface area contributed by atoms with E-state index in [0.29, 0.717) is 10.9 Å². The van der Waals surface area contributed by atoms with E-state index in [4.69, 9.17) is 0 Å². The van der Waals surface area contributed by atoms with E-state index in [-0.39, 0.29) is 5.82 Å². The zero-order chi connectivity index (χ0) is 14.8. The van der Waals surface area contributed by atoms with Crippen molar-refractivity contribution < 1.29 is 4.39 Å². The number of nitrogens with one attached hydrogen (secondary N) is 1. The maximum absolute atomic E-state index is 14.2. The third-order valence-corrected chi connectivity index (χ3v) is 3.94. The highest BCUT2D eigenvalue weighted by Crippen LogP contribution is 2.33. The quantitative estimate of drug-likeness (QED) is 0.703. The van der Waals surface area contributed by atoms with Crippen LogP contribution in [0.1, 0.15) is 6.92 Å². The van der Waals surface area contributed by atoms with Gasteiger partial charge in [-0.05, 0) is 41.1 Å². The minimum atomic E-state index is -0.267. The minimum absolute atomic E-state index is 0.267. The summed E-state index contributed by atoms with van der Waals surface area (Å²) in [5.41, 5.74) is 3.23. The summed E-state index contributed by atoms with van der Waals surface area (Å²) in [4.78, 5) is 4.62. The molecule has 0 aliphatic heterocycles. The van der Waals surface area contributed by atoms with Gasteiger partial charge in [-0.2, -0.15) is 0 Å². The summed E-state index contributed by atoms with van der Waals surface area (Å²) in [7, 11) is 0. The fourth-order valence-corrected chi connectivity index (χ4v) is 2.77. The van der Waals surface area contributed by atoms with Gasteiger partial charge in [0.25, 0.3) is 0 Å². The fraction of sp³-hybridized carbons (Fsp3) is 0.118. The first-order chi connectivity index (χ1) is 10.2. The van der Waals surface area contributed by atoms with Gasteiger partial charge in [-0.25, -0.2) is 9.37 Å². The highest BCUT2D eigenvalue weighted by atomic mass is 79.9. The van der Waals surface area contributed by atoms with Crippen LogP contribution in [0.3, 0.4) is 0 Å². The van der Waals surface area contributed by atoms with E-state index in [1.165, 1.54) is 6.07 Å². The number of pyridine rings is 1. The van der Waals surface area contributed by atoms with Gasteiger partial charge < -0.3 is 5.32 Å². The summed E-state index contributed by atoms with van der Waals surface area (Å²) in [6.45, 7) is 2.71. The normalized spacial score (nSPS) is 10.8. The van der Waals surface area contributed by atoms with Crippen molar-refractivity contribution in [2.45, 2.75) is 6.92 Å². The number of benzene rings is 2. The molecule has 4 heteroatoms. The molecule has 3 rings (SSSR count). The molecule has 0 saturated carbocycles. The van der Waals surface area contributed by atoms with Crippen molar-refractivity contribution in [3.8, 4) is 11.3 Å². The van der Waals surface area contributed by atoms with Crippen LogP contribution in [0.15, 0.2) is 53.0 Å². The lowest BCUT2D eigenvalue weighted by Crippen LogP contribution is -2.01. The first kappa shape index (κ1) is 14.0. The Bertz CT molecular complexity index is 788. The molecule has 2 nitrogen and oxygen atoms in total. The average Bonchev–Trinajstić information content (AvgIpc) is 2.52. The number of halogens is 2. The van der Waals surface area contributed by atoms with E-state index < -0.39 is 0 Å². The predicted octanol–water partition coefficient (Wildman–Crippen LogP) is 5.24. The molecule has 0 spiro atoms.